The van der Waals surface area contributed by atoms with Gasteiger partial charge in [-0.3, -0.25) is 24.8 Å². The van der Waals surface area contributed by atoms with E-state index in [1.165, 1.54) is 21.6 Å². The number of aromatic nitrogens is 2. The molecule has 1 heterocycles. The van der Waals surface area contributed by atoms with Crippen molar-refractivity contribution in [3.63, 3.8) is 0 Å². The molecular formula is C38H63ClN10O12. The maximum Gasteiger partial charge on any atom is 0.280 e. The van der Waals surface area contributed by atoms with Gasteiger partial charge in [0, 0.05) is 19.6 Å². The summed E-state index contributed by atoms with van der Waals surface area (Å²) in [6, 6.07) is 3.30. The number of rotatable bonds is 26. The number of aliphatic hydroxyl groups excluding tert-OH is 10. The maximum absolute atomic E-state index is 12.7. The molecule has 0 bridgehead atoms. The van der Waals surface area contributed by atoms with E-state index in [2.05, 4.69) is 31.7 Å². The number of aliphatic imine (C=N–C) groups is 1. The Labute approximate surface area is 358 Å². The van der Waals surface area contributed by atoms with Gasteiger partial charge in [0.05, 0.1) is 31.5 Å². The molecule has 20 N–H and O–H groups in total. The molecule has 0 radical (unpaired) electrons. The molecular weight excluding hydrogens is 824 g/mol. The molecule has 1 aromatic carbocycles. The Hall–Kier alpha value is -3.88. The van der Waals surface area contributed by atoms with Crippen LogP contribution >= 0.6 is 11.6 Å². The number of anilines is 2. The number of nitrogens with two attached hydrogens (primary N) is 4. The molecule has 0 aliphatic heterocycles. The smallest absolute Gasteiger partial charge is 0.280 e. The SMILES string of the molecule is NC(=O)C(Cc1ccc(CCCCN=C(N)NC(=O)c2nc(Cl)c(N)nc2N)c2c1CCCC2)NCCCN(CC(O)C(O)C(O)C(O)CO)CC(O)C(O)C(O)C(O)CO. The van der Waals surface area contributed by atoms with Crippen LogP contribution in [0.4, 0.5) is 11.6 Å². The number of hydrogen-bond acceptors (Lipinski definition) is 19. The Bertz CT molecular complexity index is 1720. The van der Waals surface area contributed by atoms with Crippen LogP contribution in [-0.2, 0) is 30.5 Å². The van der Waals surface area contributed by atoms with Gasteiger partial charge >= 0.3 is 0 Å². The monoisotopic (exact) mass is 886 g/mol. The van der Waals surface area contributed by atoms with E-state index in [4.69, 9.17) is 44.7 Å². The minimum Gasteiger partial charge on any atom is -0.394 e. The highest BCUT2D eigenvalue weighted by molar-refractivity contribution is 6.31. The van der Waals surface area contributed by atoms with Crippen LogP contribution in [0.1, 0.15) is 64.8 Å². The number of primary amides is 1. The molecule has 0 saturated heterocycles. The van der Waals surface area contributed by atoms with Gasteiger partial charge in [0.15, 0.2) is 28.4 Å². The third-order valence-corrected chi connectivity index (χ3v) is 10.9. The normalized spacial score (nSPS) is 17.7. The van der Waals surface area contributed by atoms with Crippen molar-refractivity contribution >= 4 is 41.0 Å². The van der Waals surface area contributed by atoms with Gasteiger partial charge in [-0.05, 0) is 93.1 Å². The van der Waals surface area contributed by atoms with Gasteiger partial charge in [-0.1, -0.05) is 23.7 Å². The molecule has 344 valence electrons. The number of amides is 2. The topological polar surface area (TPSA) is 406 Å². The highest BCUT2D eigenvalue weighted by Gasteiger charge is 2.34. The molecule has 1 aliphatic rings. The zero-order chi connectivity index (χ0) is 45.4. The lowest BCUT2D eigenvalue weighted by molar-refractivity contribution is -0.130. The first-order valence-electron chi connectivity index (χ1n) is 20.1. The van der Waals surface area contributed by atoms with Crippen molar-refractivity contribution in [2.24, 2.45) is 16.5 Å². The lowest BCUT2D eigenvalue weighted by Crippen LogP contribution is -2.53. The first-order valence-corrected chi connectivity index (χ1v) is 20.5. The Morgan fingerprint density at radius 3 is 1.87 bits per heavy atom. The zero-order valence-electron chi connectivity index (χ0n) is 33.9. The minimum atomic E-state index is -1.91. The number of hydrogen-bond donors (Lipinski definition) is 16. The maximum atomic E-state index is 12.7. The molecule has 0 spiro atoms. The largest absolute Gasteiger partial charge is 0.394 e. The van der Waals surface area contributed by atoms with Crippen molar-refractivity contribution in [1.82, 2.24) is 25.5 Å². The number of aryl methyl sites for hydroxylation is 1. The summed E-state index contributed by atoms with van der Waals surface area (Å²) in [6.45, 7) is -1.97. The molecule has 2 amide bonds. The van der Waals surface area contributed by atoms with Crippen LogP contribution in [0.2, 0.25) is 5.15 Å². The summed E-state index contributed by atoms with van der Waals surface area (Å²) >= 11 is 5.85. The standard InChI is InChI=1S/C38H63ClN10O12/c39-33-35(41)47-34(40)28(46-33)37(61)48-38(43)45-11-4-3-6-19-9-10-20(22-8-2-1-7-21(19)22)14-23(36(42)60)44-12-5-13-49(15-24(52)29(56)31(58)26(54)17-50)16-25(53)30(57)32(59)27(55)18-51/h9-10,23-27,29-32,44,50-59H,1-8,11-18H2,(H2,42,60)(H4,40,41,47)(H3,43,45,48,61). The second-order valence-corrected chi connectivity index (χ2v) is 15.5. The summed E-state index contributed by atoms with van der Waals surface area (Å²) in [5.41, 5.74) is 27.4. The van der Waals surface area contributed by atoms with Crippen LogP contribution in [0, 0.1) is 0 Å². The highest BCUT2D eigenvalue weighted by Crippen LogP contribution is 2.30. The number of nitrogens with one attached hydrogen (secondary N) is 2. The van der Waals surface area contributed by atoms with E-state index in [1.807, 2.05) is 6.07 Å². The van der Waals surface area contributed by atoms with E-state index in [-0.39, 0.29) is 48.0 Å². The van der Waals surface area contributed by atoms with Crippen molar-refractivity contribution in [1.29, 1.82) is 0 Å². The van der Waals surface area contributed by atoms with E-state index in [9.17, 15) is 50.4 Å². The highest BCUT2D eigenvalue weighted by atomic mass is 35.5. The van der Waals surface area contributed by atoms with Crippen molar-refractivity contribution in [3.8, 4) is 0 Å². The molecule has 1 aromatic heterocycles. The van der Waals surface area contributed by atoms with E-state index < -0.39 is 93.0 Å². The second kappa shape index (κ2) is 25.3. The first-order chi connectivity index (χ1) is 28.9. The third kappa shape index (κ3) is 15.5. The van der Waals surface area contributed by atoms with E-state index >= 15 is 0 Å². The second-order valence-electron chi connectivity index (χ2n) is 15.2. The van der Waals surface area contributed by atoms with E-state index in [0.29, 0.717) is 19.4 Å². The molecule has 9 atom stereocenters. The van der Waals surface area contributed by atoms with E-state index in [1.54, 1.807) is 0 Å². The number of carbonyl (C=O) groups is 2. The number of unbranched alkanes of at least 4 members (excludes halogenated alkanes) is 1. The van der Waals surface area contributed by atoms with Gasteiger partial charge in [0.2, 0.25) is 5.91 Å². The van der Waals surface area contributed by atoms with Gasteiger partial charge in [-0.2, -0.15) is 0 Å². The zero-order valence-corrected chi connectivity index (χ0v) is 34.7. The molecule has 1 aliphatic carbocycles. The fourth-order valence-electron chi connectivity index (χ4n) is 7.09. The van der Waals surface area contributed by atoms with Crippen LogP contribution in [0.5, 0.6) is 0 Å². The first kappa shape index (κ1) is 51.5. The Morgan fingerprint density at radius 2 is 1.31 bits per heavy atom. The number of fused-ring (bicyclic) bond motifs is 1. The fraction of sp³-hybridized carbons (Fsp3) is 0.658. The lowest BCUT2D eigenvalue weighted by Gasteiger charge is -2.33. The van der Waals surface area contributed by atoms with Gasteiger partial charge in [-0.15, -0.1) is 0 Å². The quantitative estimate of drug-likeness (QED) is 0.0238. The average molecular weight is 887 g/mol. The van der Waals surface area contributed by atoms with Crippen molar-refractivity contribution in [2.45, 2.75) is 113 Å². The van der Waals surface area contributed by atoms with Gasteiger partial charge in [0.25, 0.3) is 5.91 Å². The van der Waals surface area contributed by atoms with E-state index in [0.717, 1.165) is 44.1 Å². The fourth-order valence-corrected chi connectivity index (χ4v) is 7.22. The molecule has 0 saturated carbocycles. The van der Waals surface area contributed by atoms with Crippen LogP contribution in [0.3, 0.4) is 0 Å². The summed E-state index contributed by atoms with van der Waals surface area (Å²) < 4.78 is 0. The van der Waals surface area contributed by atoms with Gasteiger partial charge in [0.1, 0.15) is 36.6 Å². The average Bonchev–Trinajstić information content (AvgIpc) is 3.24. The number of aliphatic hydroxyl groups is 10. The summed E-state index contributed by atoms with van der Waals surface area (Å²) in [7, 11) is 0. The summed E-state index contributed by atoms with van der Waals surface area (Å²) in [6.07, 6.45) is -8.02. The number of halogens is 1. The van der Waals surface area contributed by atoms with Crippen molar-refractivity contribution in [2.75, 3.05) is 57.4 Å². The van der Waals surface area contributed by atoms with Crippen molar-refractivity contribution < 1.29 is 60.7 Å². The van der Waals surface area contributed by atoms with Gasteiger partial charge in [-0.25, -0.2) is 9.97 Å². The Kier molecular flexibility index (Phi) is 21.3. The van der Waals surface area contributed by atoms with Gasteiger partial charge < -0.3 is 79.3 Å². The third-order valence-electron chi connectivity index (χ3n) is 10.6. The minimum absolute atomic E-state index is 0.0727. The summed E-state index contributed by atoms with van der Waals surface area (Å²) in [5.74, 6) is -1.74. The number of nitrogen functional groups attached to an aromatic ring is 2. The number of nitrogens with zero attached hydrogens (tertiary/aromatic N) is 4. The molecule has 61 heavy (non-hydrogen) atoms. The van der Waals surface area contributed by atoms with Crippen LogP contribution in [0.25, 0.3) is 0 Å². The molecule has 9 unspecified atom stereocenters. The Morgan fingerprint density at radius 1 is 0.770 bits per heavy atom. The Balaban J connectivity index is 1.60. The number of carbonyl (C=O) groups excluding carboxylic acids is 2. The van der Waals surface area contributed by atoms with Crippen molar-refractivity contribution in [3.05, 3.63) is 45.2 Å². The predicted octanol–water partition coefficient (Wildman–Crippen LogP) is -5.21. The summed E-state index contributed by atoms with van der Waals surface area (Å²) in [5, 5.41) is 105. The van der Waals surface area contributed by atoms with Crippen LogP contribution < -0.4 is 33.6 Å². The number of benzene rings is 1. The van der Waals surface area contributed by atoms with Crippen LogP contribution in [0.15, 0.2) is 17.1 Å². The molecule has 23 heteroatoms. The lowest BCUT2D eigenvalue weighted by atomic mass is 9.82. The molecule has 22 nitrogen and oxygen atoms in total. The number of guanidine groups is 1. The molecule has 3 rings (SSSR count). The molecule has 0 fully saturated rings. The predicted molar refractivity (Wildman–Crippen MR) is 224 cm³/mol. The summed E-state index contributed by atoms with van der Waals surface area (Å²) in [4.78, 5) is 38.4. The molecule has 2 aromatic rings. The van der Waals surface area contributed by atoms with Crippen LogP contribution in [-0.4, -0.2) is 185 Å².